The molecule has 0 spiro atoms. The Labute approximate surface area is 113 Å². The van der Waals surface area contributed by atoms with Gasteiger partial charge in [0.05, 0.1) is 17.6 Å². The van der Waals surface area contributed by atoms with Gasteiger partial charge in [0.1, 0.15) is 11.9 Å². The van der Waals surface area contributed by atoms with E-state index in [1.807, 2.05) is 18.2 Å². The minimum Gasteiger partial charge on any atom is -0.489 e. The molecule has 1 heterocycles. The fourth-order valence-electron chi connectivity index (χ4n) is 2.93. The van der Waals surface area contributed by atoms with Gasteiger partial charge in [-0.3, -0.25) is 0 Å². The Kier molecular flexibility index (Phi) is 3.27. The van der Waals surface area contributed by atoms with Gasteiger partial charge in [-0.05, 0) is 42.9 Å². The smallest absolute Gasteiger partial charge is 0.154 e. The van der Waals surface area contributed by atoms with E-state index in [2.05, 4.69) is 0 Å². The SMILES string of the molecule is O=S1(=O)CCC(Oc2cccc3c2CCCC3O)C1. The molecule has 1 aliphatic heterocycles. The van der Waals surface area contributed by atoms with E-state index in [1.165, 1.54) is 0 Å². The molecule has 19 heavy (non-hydrogen) atoms. The molecule has 2 unspecified atom stereocenters. The van der Waals surface area contributed by atoms with Gasteiger partial charge in [-0.2, -0.15) is 0 Å². The van der Waals surface area contributed by atoms with Crippen LogP contribution in [0.1, 0.15) is 36.5 Å². The fourth-order valence-corrected chi connectivity index (χ4v) is 4.52. The number of fused-ring (bicyclic) bond motifs is 1. The molecule has 1 aromatic rings. The summed E-state index contributed by atoms with van der Waals surface area (Å²) in [5.41, 5.74) is 1.98. The Balaban J connectivity index is 1.84. The van der Waals surface area contributed by atoms with Crippen LogP contribution in [0, 0.1) is 0 Å². The van der Waals surface area contributed by atoms with Gasteiger partial charge in [0.15, 0.2) is 9.84 Å². The number of sulfone groups is 1. The summed E-state index contributed by atoms with van der Waals surface area (Å²) >= 11 is 0. The van der Waals surface area contributed by atoms with Crippen LogP contribution in [0.25, 0.3) is 0 Å². The molecule has 0 bridgehead atoms. The maximum atomic E-state index is 11.5. The fraction of sp³-hybridized carbons (Fsp3) is 0.571. The van der Waals surface area contributed by atoms with Crippen molar-refractivity contribution in [1.29, 1.82) is 0 Å². The average molecular weight is 282 g/mol. The third-order valence-corrected chi connectivity index (χ3v) is 5.65. The van der Waals surface area contributed by atoms with Gasteiger partial charge in [-0.15, -0.1) is 0 Å². The normalized spacial score (nSPS) is 28.9. The largest absolute Gasteiger partial charge is 0.489 e. The Morgan fingerprint density at radius 1 is 1.26 bits per heavy atom. The summed E-state index contributed by atoms with van der Waals surface area (Å²) in [5.74, 6) is 1.08. The Morgan fingerprint density at radius 3 is 2.84 bits per heavy atom. The second-order valence-electron chi connectivity index (χ2n) is 5.37. The number of rotatable bonds is 2. The lowest BCUT2D eigenvalue weighted by Crippen LogP contribution is -2.20. The molecule has 4 nitrogen and oxygen atoms in total. The summed E-state index contributed by atoms with van der Waals surface area (Å²) in [6.45, 7) is 0. The van der Waals surface area contributed by atoms with Crippen molar-refractivity contribution in [2.24, 2.45) is 0 Å². The third kappa shape index (κ3) is 2.62. The van der Waals surface area contributed by atoms with Crippen molar-refractivity contribution in [3.05, 3.63) is 29.3 Å². The minimum atomic E-state index is -2.92. The standard InChI is InChI=1S/C14H18O4S/c15-13-5-1-4-12-11(13)3-2-6-14(12)18-10-7-8-19(16,17)9-10/h2-3,6,10,13,15H,1,4-5,7-9H2. The van der Waals surface area contributed by atoms with Gasteiger partial charge in [0.25, 0.3) is 0 Å². The molecular formula is C14H18O4S. The number of ether oxygens (including phenoxy) is 1. The number of aliphatic hydroxyl groups is 1. The van der Waals surface area contributed by atoms with Crippen molar-refractivity contribution in [3.8, 4) is 5.75 Å². The summed E-state index contributed by atoms with van der Waals surface area (Å²) in [6, 6.07) is 5.67. The second-order valence-corrected chi connectivity index (χ2v) is 7.60. The molecule has 1 saturated heterocycles. The maximum Gasteiger partial charge on any atom is 0.154 e. The zero-order valence-corrected chi connectivity index (χ0v) is 11.5. The molecule has 0 amide bonds. The van der Waals surface area contributed by atoms with E-state index in [0.29, 0.717) is 6.42 Å². The van der Waals surface area contributed by atoms with E-state index in [4.69, 9.17) is 4.74 Å². The van der Waals surface area contributed by atoms with Crippen LogP contribution in [0.2, 0.25) is 0 Å². The molecule has 1 N–H and O–H groups in total. The zero-order valence-electron chi connectivity index (χ0n) is 10.7. The summed E-state index contributed by atoms with van der Waals surface area (Å²) in [5, 5.41) is 9.98. The molecule has 5 heteroatoms. The van der Waals surface area contributed by atoms with Crippen molar-refractivity contribution in [2.45, 2.75) is 37.9 Å². The number of hydrogen-bond donors (Lipinski definition) is 1. The first-order chi connectivity index (χ1) is 9.05. The first-order valence-electron chi connectivity index (χ1n) is 6.72. The van der Waals surface area contributed by atoms with E-state index < -0.39 is 15.9 Å². The molecule has 3 rings (SSSR count). The Morgan fingerprint density at radius 2 is 2.11 bits per heavy atom. The monoisotopic (exact) mass is 282 g/mol. The van der Waals surface area contributed by atoms with E-state index in [0.717, 1.165) is 36.1 Å². The van der Waals surface area contributed by atoms with Gasteiger partial charge in [-0.1, -0.05) is 12.1 Å². The highest BCUT2D eigenvalue weighted by atomic mass is 32.2. The van der Waals surface area contributed by atoms with Crippen LogP contribution in [0.15, 0.2) is 18.2 Å². The van der Waals surface area contributed by atoms with Gasteiger partial charge in [0, 0.05) is 0 Å². The highest BCUT2D eigenvalue weighted by Crippen LogP contribution is 2.36. The van der Waals surface area contributed by atoms with Crippen molar-refractivity contribution < 1.29 is 18.3 Å². The molecule has 0 saturated carbocycles. The van der Waals surface area contributed by atoms with Gasteiger partial charge >= 0.3 is 0 Å². The topological polar surface area (TPSA) is 63.6 Å². The predicted molar refractivity (Wildman–Crippen MR) is 72.0 cm³/mol. The highest BCUT2D eigenvalue weighted by molar-refractivity contribution is 7.91. The number of aliphatic hydroxyl groups excluding tert-OH is 1. The molecule has 104 valence electrons. The van der Waals surface area contributed by atoms with Crippen molar-refractivity contribution in [2.75, 3.05) is 11.5 Å². The first kappa shape index (κ1) is 12.9. The molecule has 1 fully saturated rings. The van der Waals surface area contributed by atoms with Gasteiger partial charge in [0.2, 0.25) is 0 Å². The molecule has 1 aromatic carbocycles. The lowest BCUT2D eigenvalue weighted by molar-refractivity contribution is 0.153. The lowest BCUT2D eigenvalue weighted by Gasteiger charge is -2.24. The van der Waals surface area contributed by atoms with Crippen LogP contribution < -0.4 is 4.74 Å². The molecule has 1 aliphatic carbocycles. The number of hydrogen-bond acceptors (Lipinski definition) is 4. The van der Waals surface area contributed by atoms with Gasteiger partial charge < -0.3 is 9.84 Å². The maximum absolute atomic E-state index is 11.5. The summed E-state index contributed by atoms with van der Waals surface area (Å²) in [6.07, 6.45) is 2.53. The van der Waals surface area contributed by atoms with E-state index in [1.54, 1.807) is 0 Å². The molecule has 0 aromatic heterocycles. The van der Waals surface area contributed by atoms with Crippen LogP contribution in [-0.2, 0) is 16.3 Å². The molecule has 0 radical (unpaired) electrons. The average Bonchev–Trinajstić information content (AvgIpc) is 2.70. The highest BCUT2D eigenvalue weighted by Gasteiger charge is 2.30. The molecule has 2 aliphatic rings. The lowest BCUT2D eigenvalue weighted by atomic mass is 9.89. The van der Waals surface area contributed by atoms with E-state index in [-0.39, 0.29) is 17.6 Å². The van der Waals surface area contributed by atoms with Crippen LogP contribution in [0.5, 0.6) is 5.75 Å². The Hall–Kier alpha value is -1.07. The quantitative estimate of drug-likeness (QED) is 0.895. The summed E-state index contributed by atoms with van der Waals surface area (Å²) in [7, 11) is -2.92. The first-order valence-corrected chi connectivity index (χ1v) is 8.54. The van der Waals surface area contributed by atoms with Crippen molar-refractivity contribution >= 4 is 9.84 Å². The van der Waals surface area contributed by atoms with Crippen LogP contribution >= 0.6 is 0 Å². The van der Waals surface area contributed by atoms with Crippen molar-refractivity contribution in [1.82, 2.24) is 0 Å². The van der Waals surface area contributed by atoms with E-state index >= 15 is 0 Å². The van der Waals surface area contributed by atoms with Gasteiger partial charge in [-0.25, -0.2) is 8.42 Å². The van der Waals surface area contributed by atoms with E-state index in [9.17, 15) is 13.5 Å². The molecular weight excluding hydrogens is 264 g/mol. The Bertz CT molecular complexity index is 579. The molecule has 2 atom stereocenters. The van der Waals surface area contributed by atoms with Crippen LogP contribution in [0.4, 0.5) is 0 Å². The van der Waals surface area contributed by atoms with Crippen LogP contribution in [-0.4, -0.2) is 31.1 Å². The van der Waals surface area contributed by atoms with Crippen LogP contribution in [0.3, 0.4) is 0 Å². The zero-order chi connectivity index (χ0) is 13.5. The number of benzene rings is 1. The second kappa shape index (κ2) is 4.80. The summed E-state index contributed by atoms with van der Waals surface area (Å²) in [4.78, 5) is 0. The van der Waals surface area contributed by atoms with Crippen molar-refractivity contribution in [3.63, 3.8) is 0 Å². The minimum absolute atomic E-state index is 0.110. The summed E-state index contributed by atoms with van der Waals surface area (Å²) < 4.78 is 28.8. The predicted octanol–water partition coefficient (Wildman–Crippen LogP) is 1.62. The third-order valence-electron chi connectivity index (χ3n) is 3.92.